The van der Waals surface area contributed by atoms with Crippen LogP contribution >= 0.6 is 35.7 Å². The van der Waals surface area contributed by atoms with Crippen LogP contribution in [-0.4, -0.2) is 85.3 Å². The van der Waals surface area contributed by atoms with Crippen LogP contribution < -0.4 is 5.32 Å². The van der Waals surface area contributed by atoms with Gasteiger partial charge in [0.05, 0.1) is 13.2 Å². The fourth-order valence-electron chi connectivity index (χ4n) is 4.41. The van der Waals surface area contributed by atoms with E-state index >= 15 is 0 Å². The average Bonchev–Trinajstić information content (AvgIpc) is 2.68. The second-order valence-electron chi connectivity index (χ2n) is 7.91. The summed E-state index contributed by atoms with van der Waals surface area (Å²) < 4.78 is 5.92. The van der Waals surface area contributed by atoms with Crippen LogP contribution in [-0.2, 0) is 4.74 Å². The number of rotatable bonds is 6. The predicted octanol–water partition coefficient (Wildman–Crippen LogP) is 3.43. The average molecular weight is 511 g/mol. The summed E-state index contributed by atoms with van der Waals surface area (Å²) in [6.07, 6.45) is 9.47. The van der Waals surface area contributed by atoms with Crippen molar-refractivity contribution in [2.45, 2.75) is 56.6 Å². The smallest absolute Gasteiger partial charge is 0.193 e. The molecule has 0 atom stereocenters. The normalized spacial score (nSPS) is 23.9. The van der Waals surface area contributed by atoms with Crippen LogP contribution in [0, 0.1) is 0 Å². The molecule has 158 valence electrons. The summed E-state index contributed by atoms with van der Waals surface area (Å²) >= 11 is 2.23. The van der Waals surface area contributed by atoms with E-state index in [1.807, 2.05) is 0 Å². The van der Waals surface area contributed by atoms with Crippen molar-refractivity contribution in [2.24, 2.45) is 4.99 Å². The van der Waals surface area contributed by atoms with Crippen LogP contribution in [0.5, 0.6) is 0 Å². The molecule has 0 amide bonds. The van der Waals surface area contributed by atoms with Crippen molar-refractivity contribution in [1.82, 2.24) is 15.1 Å². The molecule has 0 aromatic carbocycles. The second kappa shape index (κ2) is 12.8. The molecule has 1 spiro atoms. The maximum atomic E-state index is 5.42. The minimum atomic E-state index is 0. The Morgan fingerprint density at radius 3 is 2.63 bits per heavy atom. The largest absolute Gasteiger partial charge is 0.379 e. The van der Waals surface area contributed by atoms with Gasteiger partial charge in [0.1, 0.15) is 0 Å². The zero-order chi connectivity index (χ0) is 18.1. The fourth-order valence-corrected chi connectivity index (χ4v) is 5.98. The SMILES string of the molecule is CCNC(=NCCCCN1CCOCC1)N1CCSC2(CCCCC2)C1.I. The van der Waals surface area contributed by atoms with Crippen LogP contribution in [0.4, 0.5) is 0 Å². The first-order valence-corrected chi connectivity index (χ1v) is 11.8. The van der Waals surface area contributed by atoms with Crippen molar-refractivity contribution in [2.75, 3.05) is 64.8 Å². The zero-order valence-electron chi connectivity index (χ0n) is 17.1. The van der Waals surface area contributed by atoms with Crippen molar-refractivity contribution >= 4 is 41.7 Å². The first-order valence-electron chi connectivity index (χ1n) is 10.8. The number of nitrogens with zero attached hydrogens (tertiary/aromatic N) is 3. The maximum absolute atomic E-state index is 5.42. The molecule has 27 heavy (non-hydrogen) atoms. The summed E-state index contributed by atoms with van der Waals surface area (Å²) in [6, 6.07) is 0. The van der Waals surface area contributed by atoms with E-state index < -0.39 is 0 Å². The van der Waals surface area contributed by atoms with E-state index in [1.165, 1.54) is 63.8 Å². The van der Waals surface area contributed by atoms with Gasteiger partial charge >= 0.3 is 0 Å². The number of halogens is 1. The quantitative estimate of drug-likeness (QED) is 0.257. The minimum Gasteiger partial charge on any atom is -0.379 e. The van der Waals surface area contributed by atoms with E-state index in [0.29, 0.717) is 4.75 Å². The van der Waals surface area contributed by atoms with Gasteiger partial charge < -0.3 is 15.0 Å². The van der Waals surface area contributed by atoms with Crippen LogP contribution in [0.2, 0.25) is 0 Å². The van der Waals surface area contributed by atoms with Crippen LogP contribution in [0.1, 0.15) is 51.9 Å². The predicted molar refractivity (Wildman–Crippen MR) is 128 cm³/mol. The highest BCUT2D eigenvalue weighted by Gasteiger charge is 2.38. The van der Waals surface area contributed by atoms with Gasteiger partial charge in [-0.1, -0.05) is 19.3 Å². The van der Waals surface area contributed by atoms with Gasteiger partial charge in [-0.15, -0.1) is 24.0 Å². The molecular weight excluding hydrogens is 471 g/mol. The van der Waals surface area contributed by atoms with Crippen molar-refractivity contribution in [3.63, 3.8) is 0 Å². The Balaban J connectivity index is 0.00000261. The van der Waals surface area contributed by atoms with E-state index in [9.17, 15) is 0 Å². The molecular formula is C20H39IN4OS. The number of guanidine groups is 1. The molecule has 3 fully saturated rings. The molecule has 0 bridgehead atoms. The molecule has 3 aliphatic rings. The highest BCUT2D eigenvalue weighted by molar-refractivity contribution is 14.0. The van der Waals surface area contributed by atoms with Crippen molar-refractivity contribution in [3.05, 3.63) is 0 Å². The lowest BCUT2D eigenvalue weighted by Gasteiger charge is -2.45. The van der Waals surface area contributed by atoms with E-state index in [-0.39, 0.29) is 24.0 Å². The number of ether oxygens (including phenoxy) is 1. The Hall–Kier alpha value is 0.270. The van der Waals surface area contributed by atoms with Gasteiger partial charge in [-0.05, 0) is 39.2 Å². The summed E-state index contributed by atoms with van der Waals surface area (Å²) in [5.74, 6) is 2.41. The third-order valence-corrected chi connectivity index (χ3v) is 7.43. The summed E-state index contributed by atoms with van der Waals surface area (Å²) in [4.78, 5) is 10.0. The Morgan fingerprint density at radius 1 is 1.11 bits per heavy atom. The molecule has 0 aromatic rings. The summed E-state index contributed by atoms with van der Waals surface area (Å²) in [5, 5.41) is 3.55. The van der Waals surface area contributed by atoms with Crippen LogP contribution in [0.25, 0.3) is 0 Å². The molecule has 0 radical (unpaired) electrons. The van der Waals surface area contributed by atoms with Gasteiger partial charge in [0.15, 0.2) is 5.96 Å². The number of hydrogen-bond donors (Lipinski definition) is 1. The molecule has 7 heteroatoms. The van der Waals surface area contributed by atoms with Gasteiger partial charge in [0, 0.05) is 49.8 Å². The number of nitrogens with one attached hydrogen (secondary N) is 1. The van der Waals surface area contributed by atoms with E-state index in [0.717, 1.165) is 51.9 Å². The number of morpholine rings is 1. The maximum Gasteiger partial charge on any atom is 0.193 e. The molecule has 2 heterocycles. The number of thioether (sulfide) groups is 1. The highest BCUT2D eigenvalue weighted by atomic mass is 127. The first kappa shape index (κ1) is 23.5. The third-order valence-electron chi connectivity index (χ3n) is 5.90. The lowest BCUT2D eigenvalue weighted by atomic mass is 9.87. The zero-order valence-corrected chi connectivity index (χ0v) is 20.2. The molecule has 0 unspecified atom stereocenters. The summed E-state index contributed by atoms with van der Waals surface area (Å²) in [5.41, 5.74) is 0. The molecule has 2 aliphatic heterocycles. The van der Waals surface area contributed by atoms with Crippen LogP contribution in [0.15, 0.2) is 4.99 Å². The van der Waals surface area contributed by atoms with E-state index in [1.54, 1.807) is 0 Å². The van der Waals surface area contributed by atoms with Crippen molar-refractivity contribution < 1.29 is 4.74 Å². The lowest BCUT2D eigenvalue weighted by molar-refractivity contribution is 0.0373. The molecule has 0 aromatic heterocycles. The summed E-state index contributed by atoms with van der Waals surface area (Å²) in [7, 11) is 0. The molecule has 2 saturated heterocycles. The Bertz CT molecular complexity index is 434. The number of aliphatic imine (C=N–C) groups is 1. The standard InChI is InChI=1S/C20H38N4OS.HI/c1-2-21-19(22-10-6-7-11-23-12-15-25-16-13-23)24-14-17-26-20(18-24)8-4-3-5-9-20;/h2-18H2,1H3,(H,21,22);1H. The first-order chi connectivity index (χ1) is 12.8. The van der Waals surface area contributed by atoms with Gasteiger partial charge in [0.2, 0.25) is 0 Å². The Labute approximate surface area is 187 Å². The van der Waals surface area contributed by atoms with Gasteiger partial charge in [-0.25, -0.2) is 0 Å². The Kier molecular flexibility index (Phi) is 11.1. The monoisotopic (exact) mass is 510 g/mol. The molecule has 5 nitrogen and oxygen atoms in total. The van der Waals surface area contributed by atoms with Crippen molar-refractivity contribution in [3.8, 4) is 0 Å². The molecule has 1 saturated carbocycles. The molecule has 1 N–H and O–H groups in total. The second-order valence-corrected chi connectivity index (χ2v) is 9.47. The number of hydrogen-bond acceptors (Lipinski definition) is 4. The summed E-state index contributed by atoms with van der Waals surface area (Å²) in [6.45, 7) is 11.6. The third kappa shape index (κ3) is 7.55. The number of unbranched alkanes of at least 4 members (excludes halogenated alkanes) is 1. The topological polar surface area (TPSA) is 40.1 Å². The molecule has 3 rings (SSSR count). The van der Waals surface area contributed by atoms with Gasteiger partial charge in [0.25, 0.3) is 0 Å². The fraction of sp³-hybridized carbons (Fsp3) is 0.950. The minimum absolute atomic E-state index is 0. The Morgan fingerprint density at radius 2 is 1.89 bits per heavy atom. The highest BCUT2D eigenvalue weighted by Crippen LogP contribution is 2.42. The van der Waals surface area contributed by atoms with Crippen LogP contribution in [0.3, 0.4) is 0 Å². The molecule has 1 aliphatic carbocycles. The lowest BCUT2D eigenvalue weighted by Crippen LogP contribution is -2.53. The van der Waals surface area contributed by atoms with E-state index in [4.69, 9.17) is 9.73 Å². The van der Waals surface area contributed by atoms with E-state index in [2.05, 4.69) is 33.8 Å². The van der Waals surface area contributed by atoms with Crippen molar-refractivity contribution in [1.29, 1.82) is 0 Å². The van der Waals surface area contributed by atoms with Gasteiger partial charge in [-0.2, -0.15) is 11.8 Å². The van der Waals surface area contributed by atoms with Gasteiger partial charge in [-0.3, -0.25) is 9.89 Å².